The van der Waals surface area contributed by atoms with Crippen LogP contribution >= 0.6 is 0 Å². The average molecular weight is 317 g/mol. The van der Waals surface area contributed by atoms with Crippen molar-refractivity contribution in [3.05, 3.63) is 11.8 Å². The molecule has 1 amide bonds. The summed E-state index contributed by atoms with van der Waals surface area (Å²) in [6.45, 7) is 7.07. The molecule has 1 aliphatic heterocycles. The molecule has 23 heavy (non-hydrogen) atoms. The van der Waals surface area contributed by atoms with E-state index in [9.17, 15) is 9.90 Å². The van der Waals surface area contributed by atoms with E-state index >= 15 is 0 Å². The summed E-state index contributed by atoms with van der Waals surface area (Å²) in [5.41, 5.74) is 1.55. The van der Waals surface area contributed by atoms with Crippen molar-refractivity contribution in [3.63, 3.8) is 0 Å². The molecular formula is C20H31NO2. The van der Waals surface area contributed by atoms with Crippen molar-refractivity contribution >= 4 is 5.91 Å². The van der Waals surface area contributed by atoms with E-state index in [0.717, 1.165) is 19.3 Å². The number of fused-ring (bicyclic) bond motifs is 5. The number of rotatable bonds is 0. The molecule has 1 saturated heterocycles. The van der Waals surface area contributed by atoms with Crippen LogP contribution < -0.4 is 0 Å². The van der Waals surface area contributed by atoms with Gasteiger partial charge in [0.15, 0.2) is 0 Å². The summed E-state index contributed by atoms with van der Waals surface area (Å²) in [4.78, 5) is 14.1. The van der Waals surface area contributed by atoms with E-state index in [2.05, 4.69) is 26.8 Å². The molecule has 0 unspecified atom stereocenters. The second kappa shape index (κ2) is 4.84. The number of allylic oxidation sites excluding steroid dienone is 2. The maximum atomic E-state index is 12.2. The molecule has 3 heteroatoms. The first kappa shape index (κ1) is 15.7. The van der Waals surface area contributed by atoms with Crippen molar-refractivity contribution in [2.24, 2.45) is 34.5 Å². The SMILES string of the molecule is C[C@H]1C=C2N(C)C(=O)CC[C@]2(C)[C@H]2CC[C@]3(C)[C@@H](O)CC[C@H]3[C@H]12. The maximum Gasteiger partial charge on any atom is 0.226 e. The van der Waals surface area contributed by atoms with Gasteiger partial charge in [-0.3, -0.25) is 4.79 Å². The van der Waals surface area contributed by atoms with Crippen molar-refractivity contribution in [2.45, 2.75) is 65.4 Å². The third-order valence-corrected chi connectivity index (χ3v) is 8.31. The van der Waals surface area contributed by atoms with E-state index in [-0.39, 0.29) is 22.8 Å². The molecule has 3 fully saturated rings. The monoisotopic (exact) mass is 317 g/mol. The quantitative estimate of drug-likeness (QED) is 0.742. The Labute approximate surface area is 140 Å². The van der Waals surface area contributed by atoms with Gasteiger partial charge in [0.05, 0.1) is 6.10 Å². The van der Waals surface area contributed by atoms with E-state index < -0.39 is 0 Å². The molecule has 0 spiro atoms. The third-order valence-electron chi connectivity index (χ3n) is 8.31. The summed E-state index contributed by atoms with van der Waals surface area (Å²) in [6, 6.07) is 0. The first-order valence-corrected chi connectivity index (χ1v) is 9.46. The van der Waals surface area contributed by atoms with Crippen LogP contribution in [0.1, 0.15) is 59.3 Å². The molecule has 2 saturated carbocycles. The van der Waals surface area contributed by atoms with Gasteiger partial charge in [0, 0.05) is 24.6 Å². The Balaban J connectivity index is 1.77. The second-order valence-corrected chi connectivity index (χ2v) is 9.21. The molecule has 0 radical (unpaired) electrons. The normalized spacial score (nSPS) is 52.6. The molecule has 7 atom stereocenters. The van der Waals surface area contributed by atoms with Gasteiger partial charge >= 0.3 is 0 Å². The van der Waals surface area contributed by atoms with E-state index in [1.807, 2.05) is 11.9 Å². The van der Waals surface area contributed by atoms with Crippen molar-refractivity contribution in [2.75, 3.05) is 7.05 Å². The van der Waals surface area contributed by atoms with E-state index in [4.69, 9.17) is 0 Å². The highest BCUT2D eigenvalue weighted by atomic mass is 16.3. The molecule has 0 aromatic rings. The molecule has 4 aliphatic rings. The van der Waals surface area contributed by atoms with Crippen LogP contribution in [0.25, 0.3) is 0 Å². The number of hydrogen-bond donors (Lipinski definition) is 1. The van der Waals surface area contributed by atoms with Crippen LogP contribution in [-0.4, -0.2) is 29.1 Å². The molecule has 3 nitrogen and oxygen atoms in total. The molecule has 1 heterocycles. The highest BCUT2D eigenvalue weighted by molar-refractivity contribution is 5.79. The van der Waals surface area contributed by atoms with Gasteiger partial charge in [-0.15, -0.1) is 0 Å². The largest absolute Gasteiger partial charge is 0.393 e. The van der Waals surface area contributed by atoms with Crippen LogP contribution in [0.15, 0.2) is 11.8 Å². The Bertz CT molecular complexity index is 570. The number of nitrogens with zero attached hydrogens (tertiary/aromatic N) is 1. The predicted molar refractivity (Wildman–Crippen MR) is 90.4 cm³/mol. The summed E-state index contributed by atoms with van der Waals surface area (Å²) in [7, 11) is 1.96. The molecule has 4 rings (SSSR count). The number of carbonyl (C=O) groups excluding carboxylic acids is 1. The summed E-state index contributed by atoms with van der Waals surface area (Å²) < 4.78 is 0. The summed E-state index contributed by atoms with van der Waals surface area (Å²) in [5.74, 6) is 2.75. The van der Waals surface area contributed by atoms with Crippen LogP contribution in [0.5, 0.6) is 0 Å². The van der Waals surface area contributed by atoms with Crippen LogP contribution in [-0.2, 0) is 4.79 Å². The van der Waals surface area contributed by atoms with E-state index in [1.165, 1.54) is 18.5 Å². The van der Waals surface area contributed by atoms with Gasteiger partial charge < -0.3 is 10.0 Å². The van der Waals surface area contributed by atoms with Gasteiger partial charge in [0.1, 0.15) is 0 Å². The summed E-state index contributed by atoms with van der Waals surface area (Å²) in [5, 5.41) is 10.6. The number of piperidine rings is 1. The average Bonchev–Trinajstić information content (AvgIpc) is 2.82. The molecule has 128 valence electrons. The predicted octanol–water partition coefficient (Wildman–Crippen LogP) is 3.58. The lowest BCUT2D eigenvalue weighted by Crippen LogP contribution is -2.55. The smallest absolute Gasteiger partial charge is 0.226 e. The van der Waals surface area contributed by atoms with Crippen molar-refractivity contribution in [3.8, 4) is 0 Å². The fourth-order valence-corrected chi connectivity index (χ4v) is 6.86. The van der Waals surface area contributed by atoms with Gasteiger partial charge in [-0.25, -0.2) is 0 Å². The first-order chi connectivity index (χ1) is 10.8. The zero-order valence-corrected chi connectivity index (χ0v) is 15.0. The Hall–Kier alpha value is -0.830. The Morgan fingerprint density at radius 1 is 1.17 bits per heavy atom. The molecule has 0 bridgehead atoms. The fraction of sp³-hybridized carbons (Fsp3) is 0.850. The van der Waals surface area contributed by atoms with Crippen LogP contribution in [0.3, 0.4) is 0 Å². The lowest BCUT2D eigenvalue weighted by atomic mass is 9.47. The lowest BCUT2D eigenvalue weighted by molar-refractivity contribution is -0.137. The molecule has 0 aromatic carbocycles. The minimum absolute atomic E-state index is 0.116. The van der Waals surface area contributed by atoms with Gasteiger partial charge in [0.25, 0.3) is 0 Å². The highest BCUT2D eigenvalue weighted by Crippen LogP contribution is 2.65. The van der Waals surface area contributed by atoms with Crippen molar-refractivity contribution in [1.82, 2.24) is 4.90 Å². The summed E-state index contributed by atoms with van der Waals surface area (Å²) >= 11 is 0. The number of likely N-dealkylation sites (tertiary alicyclic amines) is 1. The molecule has 0 aromatic heterocycles. The highest BCUT2D eigenvalue weighted by Gasteiger charge is 2.60. The zero-order chi connectivity index (χ0) is 16.6. The van der Waals surface area contributed by atoms with Crippen LogP contribution in [0.4, 0.5) is 0 Å². The van der Waals surface area contributed by atoms with Gasteiger partial charge in [-0.1, -0.05) is 26.8 Å². The minimum atomic E-state index is -0.116. The lowest BCUT2D eigenvalue weighted by Gasteiger charge is -2.59. The summed E-state index contributed by atoms with van der Waals surface area (Å²) in [6.07, 6.45) is 8.47. The van der Waals surface area contributed by atoms with Gasteiger partial charge in [-0.05, 0) is 61.2 Å². The van der Waals surface area contributed by atoms with Gasteiger partial charge in [-0.2, -0.15) is 0 Å². The maximum absolute atomic E-state index is 12.2. The number of amides is 1. The van der Waals surface area contributed by atoms with E-state index in [0.29, 0.717) is 30.1 Å². The molecule has 3 aliphatic carbocycles. The van der Waals surface area contributed by atoms with E-state index in [1.54, 1.807) is 0 Å². The Morgan fingerprint density at radius 3 is 2.65 bits per heavy atom. The Kier molecular flexibility index (Phi) is 3.30. The van der Waals surface area contributed by atoms with Crippen molar-refractivity contribution < 1.29 is 9.90 Å². The number of hydrogen-bond acceptors (Lipinski definition) is 2. The third kappa shape index (κ3) is 1.89. The first-order valence-electron chi connectivity index (χ1n) is 9.46. The fourth-order valence-electron chi connectivity index (χ4n) is 6.86. The van der Waals surface area contributed by atoms with Gasteiger partial charge in [0.2, 0.25) is 5.91 Å². The zero-order valence-electron chi connectivity index (χ0n) is 15.0. The molecule has 1 N–H and O–H groups in total. The standard InChI is InChI=1S/C20H31NO2/c1-12-11-15-19(2,10-8-17(23)21(15)4)14-7-9-20(3)13(18(12)14)5-6-16(20)22/h11-14,16,18,22H,5-10H2,1-4H3/t12-,13-,14-,16-,18-,19+,20-/m0/s1. The van der Waals surface area contributed by atoms with Crippen LogP contribution in [0, 0.1) is 34.5 Å². The van der Waals surface area contributed by atoms with Crippen molar-refractivity contribution in [1.29, 1.82) is 0 Å². The number of carbonyl (C=O) groups is 1. The number of aliphatic hydroxyl groups excluding tert-OH is 1. The second-order valence-electron chi connectivity index (χ2n) is 9.21. The topological polar surface area (TPSA) is 40.5 Å². The molecular weight excluding hydrogens is 286 g/mol. The Morgan fingerprint density at radius 2 is 1.91 bits per heavy atom. The minimum Gasteiger partial charge on any atom is -0.393 e. The van der Waals surface area contributed by atoms with Crippen LogP contribution in [0.2, 0.25) is 0 Å². The number of aliphatic hydroxyl groups is 1.